The second-order valence-electron chi connectivity index (χ2n) is 26.3. The van der Waals surface area contributed by atoms with Gasteiger partial charge in [0.1, 0.15) is 54.4 Å². The van der Waals surface area contributed by atoms with Crippen LogP contribution in [0.1, 0.15) is 88.0 Å². The van der Waals surface area contributed by atoms with Gasteiger partial charge in [-0.3, -0.25) is 59.4 Å². The number of para-hydroxylation sites is 3. The Morgan fingerprint density at radius 3 is 1.04 bits per heavy atom. The highest BCUT2D eigenvalue weighted by Gasteiger charge is 2.37. The molecule has 34 heteroatoms. The monoisotopic (exact) mass is 1460 g/mol. The second kappa shape index (κ2) is 40.1. The van der Waals surface area contributed by atoms with Crippen LogP contribution >= 0.6 is 0 Å². The second-order valence-corrected chi connectivity index (χ2v) is 26.3. The van der Waals surface area contributed by atoms with Crippen molar-refractivity contribution in [3.8, 4) is 0 Å². The number of carboxylic acids is 1. The Kier molecular flexibility index (Phi) is 30.7. The Labute approximate surface area is 611 Å². The molecule has 0 bridgehead atoms. The zero-order valence-corrected chi connectivity index (χ0v) is 59.3. The summed E-state index contributed by atoms with van der Waals surface area (Å²) in [6, 6.07) is 15.8. The number of nitrogens with two attached hydrogens (primary N) is 4. The number of hydrogen-bond acceptors (Lipinski definition) is 15. The standard InChI is InChI=1S/C72H98N22O12/c1-39(2)30-54(90-61(97)51(24-13-27-80-70(74)75)87-65(101)57(33-43-36-84-49-22-11-8-19-46(43)49)92-66(102)56(89-60(96)40(3)73)32-42-35-83-48-21-10-7-18-45(42)48)63(99)86-52(25-14-28-81-71(76)77)62(98)94-59(38-95)68(104)93-58(34-44-37-85-50-23-12-9-20-47(44)50)67(103)91-55(31-41-16-5-4-6-17-41)64(100)88-53(69(105)106)26-15-29-82-72(78)79/h4-12,16-23,35-37,39-40,51-59,83-85,95H,13-15,24-34,38,73H2,1-3H3,(H,86,99)(H,87,101)(H,88,100)(H,89,96)(H,90,97)(H,91,103)(H,92,102)(H,93,104)(H,94,98)(H,105,106)(H4,74,75,80)(H4,76,77,81)(H4,78,79,82)/t40-,51-,52-,53-,54-,55-,56-,57-,58-,59-/m0/s1. The lowest BCUT2D eigenvalue weighted by Gasteiger charge is -2.28. The molecule has 0 aliphatic rings. The molecule has 3 aromatic heterocycles. The Morgan fingerprint density at radius 1 is 0.387 bits per heavy atom. The normalized spacial score (nSPS) is 14.1. The predicted octanol–water partition coefficient (Wildman–Crippen LogP) is -0.976. The van der Waals surface area contributed by atoms with Gasteiger partial charge in [-0.2, -0.15) is 0 Å². The summed E-state index contributed by atoms with van der Waals surface area (Å²) in [6.07, 6.45) is 4.37. The van der Waals surface area contributed by atoms with E-state index >= 15 is 4.79 Å². The predicted molar refractivity (Wildman–Crippen MR) is 399 cm³/mol. The third-order valence-corrected chi connectivity index (χ3v) is 17.5. The van der Waals surface area contributed by atoms with E-state index in [9.17, 15) is 53.4 Å². The van der Waals surface area contributed by atoms with Crippen LogP contribution < -0.4 is 86.7 Å². The summed E-state index contributed by atoms with van der Waals surface area (Å²) in [5.41, 5.74) is 27.1. The minimum Gasteiger partial charge on any atom is -0.480 e. The average Bonchev–Trinajstić information content (AvgIpc) is 1.64. The number of fused-ring (bicyclic) bond motifs is 3. The maximum Gasteiger partial charge on any atom is 0.326 e. The number of aromatic nitrogens is 3. The number of carboxylic acid groups (broad SMARTS) is 1. The van der Waals surface area contributed by atoms with E-state index in [1.54, 1.807) is 93.1 Å². The van der Waals surface area contributed by atoms with Crippen molar-refractivity contribution in [1.29, 1.82) is 16.2 Å². The van der Waals surface area contributed by atoms with E-state index in [0.717, 1.165) is 21.8 Å². The van der Waals surface area contributed by atoms with Crippen LogP contribution in [0.4, 0.5) is 0 Å². The fourth-order valence-electron chi connectivity index (χ4n) is 12.0. The molecular formula is C72H98N22O12. The van der Waals surface area contributed by atoms with Gasteiger partial charge >= 0.3 is 5.97 Å². The Bertz CT molecular complexity index is 4210. The molecule has 0 saturated carbocycles. The van der Waals surface area contributed by atoms with Crippen LogP contribution in [-0.4, -0.2) is 189 Å². The van der Waals surface area contributed by atoms with Gasteiger partial charge in [0.2, 0.25) is 53.2 Å². The number of hydrogen-bond donors (Lipinski definition) is 24. The number of rotatable bonds is 42. The Hall–Kier alpha value is -12.1. The van der Waals surface area contributed by atoms with E-state index in [0.29, 0.717) is 33.2 Å². The van der Waals surface area contributed by atoms with Gasteiger partial charge in [0.05, 0.1) is 12.6 Å². The topological polar surface area (TPSA) is 579 Å². The van der Waals surface area contributed by atoms with E-state index in [4.69, 9.17) is 39.2 Å². The molecule has 0 aliphatic heterocycles. The van der Waals surface area contributed by atoms with Crippen LogP contribution in [0.15, 0.2) is 122 Å². The molecule has 7 aromatic rings. The van der Waals surface area contributed by atoms with Crippen molar-refractivity contribution in [2.75, 3.05) is 26.2 Å². The summed E-state index contributed by atoms with van der Waals surface area (Å²) in [6.45, 7) is 4.13. The zero-order valence-electron chi connectivity index (χ0n) is 59.3. The lowest BCUT2D eigenvalue weighted by Crippen LogP contribution is -2.61. The summed E-state index contributed by atoms with van der Waals surface area (Å²) in [5, 5.41) is 78.1. The lowest BCUT2D eigenvalue weighted by molar-refractivity contribution is -0.142. The minimum absolute atomic E-state index is 0.0163. The molecule has 568 valence electrons. The third-order valence-electron chi connectivity index (χ3n) is 17.5. The molecule has 0 aliphatic carbocycles. The summed E-state index contributed by atoms with van der Waals surface area (Å²) >= 11 is 0. The molecule has 9 amide bonds. The van der Waals surface area contributed by atoms with Gasteiger partial charge in [0.15, 0.2) is 17.9 Å². The zero-order chi connectivity index (χ0) is 77.0. The number of aliphatic hydroxyl groups excluding tert-OH is 1. The molecule has 4 aromatic carbocycles. The molecule has 7 rings (SSSR count). The van der Waals surface area contributed by atoms with Crippen LogP contribution in [-0.2, 0) is 73.6 Å². The molecule has 28 N–H and O–H groups in total. The molecule has 0 radical (unpaired) electrons. The quantitative estimate of drug-likeness (QED) is 0.0124. The van der Waals surface area contributed by atoms with Gasteiger partial charge in [-0.25, -0.2) is 4.79 Å². The van der Waals surface area contributed by atoms with E-state index in [1.165, 1.54) is 6.92 Å². The number of guanidine groups is 3. The van der Waals surface area contributed by atoms with Crippen molar-refractivity contribution in [3.63, 3.8) is 0 Å². The molecule has 10 atom stereocenters. The SMILES string of the molecule is CC(C)C[C@H](NC(=O)[C@H](CCCNC(=N)N)NC(=O)[C@H](Cc1c[nH]c2ccccc12)NC(=O)[C@H](Cc1c[nH]c2ccccc12)NC(=O)[C@H](C)N)C(=O)N[C@@H](CCCNC(=N)N)C(=O)N[C@@H](CO)C(=O)N[C@@H](Cc1c[nH]c2ccccc12)C(=O)N[C@@H](Cc1ccccc1)C(=O)N[C@@H](CCCNC(=N)N)C(=O)O. The van der Waals surface area contributed by atoms with Gasteiger partial charge < -0.3 is 112 Å². The highest BCUT2D eigenvalue weighted by atomic mass is 16.4. The molecule has 0 fully saturated rings. The first-order chi connectivity index (χ1) is 50.7. The summed E-state index contributed by atoms with van der Waals surface area (Å²) in [7, 11) is 0. The average molecular weight is 1460 g/mol. The Balaban J connectivity index is 1.13. The molecular weight excluding hydrogens is 1360 g/mol. The third kappa shape index (κ3) is 24.8. The van der Waals surface area contributed by atoms with E-state index in [-0.39, 0.29) is 108 Å². The first-order valence-corrected chi connectivity index (χ1v) is 34.9. The number of carbonyl (C=O) groups excluding carboxylic acids is 9. The highest BCUT2D eigenvalue weighted by Crippen LogP contribution is 2.23. The van der Waals surface area contributed by atoms with E-state index in [1.807, 2.05) is 42.5 Å². The smallest absolute Gasteiger partial charge is 0.326 e. The number of carbonyl (C=O) groups is 10. The Morgan fingerprint density at radius 2 is 0.679 bits per heavy atom. The number of H-pyrrole nitrogens is 3. The van der Waals surface area contributed by atoms with Crippen LogP contribution in [0.25, 0.3) is 32.7 Å². The fraction of sp³-hybridized carbons (Fsp3) is 0.403. The highest BCUT2D eigenvalue weighted by molar-refractivity contribution is 6.00. The summed E-state index contributed by atoms with van der Waals surface area (Å²) in [4.78, 5) is 153. The van der Waals surface area contributed by atoms with E-state index < -0.39 is 132 Å². The molecule has 34 nitrogen and oxygen atoms in total. The van der Waals surface area contributed by atoms with Crippen molar-refractivity contribution >= 4 is 110 Å². The minimum atomic E-state index is -1.82. The molecule has 3 heterocycles. The molecule has 106 heavy (non-hydrogen) atoms. The lowest BCUT2D eigenvalue weighted by atomic mass is 10.00. The summed E-state index contributed by atoms with van der Waals surface area (Å²) in [5.74, 6) is -10.7. The number of benzene rings is 4. The maximum absolute atomic E-state index is 15.1. The van der Waals surface area contributed by atoms with Crippen molar-refractivity contribution < 1.29 is 58.2 Å². The number of amides is 9. The fourth-order valence-corrected chi connectivity index (χ4v) is 12.0. The number of aromatic amines is 3. The number of aliphatic hydroxyl groups is 1. The van der Waals surface area contributed by atoms with E-state index in [2.05, 4.69) is 78.8 Å². The van der Waals surface area contributed by atoms with Crippen molar-refractivity contribution in [3.05, 3.63) is 144 Å². The van der Waals surface area contributed by atoms with Crippen molar-refractivity contribution in [1.82, 2.24) is 78.8 Å². The molecule has 0 unspecified atom stereocenters. The van der Waals surface area contributed by atoms with Crippen LogP contribution in [0, 0.1) is 22.1 Å². The van der Waals surface area contributed by atoms with Gasteiger partial charge in [-0.1, -0.05) is 98.8 Å². The molecule has 0 saturated heterocycles. The summed E-state index contributed by atoms with van der Waals surface area (Å²) < 4.78 is 0. The number of nitrogens with one attached hydrogen (secondary N) is 18. The first-order valence-electron chi connectivity index (χ1n) is 34.9. The first kappa shape index (κ1) is 81.2. The van der Waals surface area contributed by atoms with Crippen LogP contribution in [0.2, 0.25) is 0 Å². The van der Waals surface area contributed by atoms with Gasteiger partial charge in [0, 0.05) is 96.6 Å². The van der Waals surface area contributed by atoms with Gasteiger partial charge in [-0.05, 0) is 98.2 Å². The largest absolute Gasteiger partial charge is 0.480 e. The van der Waals surface area contributed by atoms with Crippen LogP contribution in [0.5, 0.6) is 0 Å². The van der Waals surface area contributed by atoms with Crippen LogP contribution in [0.3, 0.4) is 0 Å². The van der Waals surface area contributed by atoms with Crippen molar-refractivity contribution in [2.24, 2.45) is 28.9 Å². The number of aliphatic carboxylic acids is 1. The molecule has 0 spiro atoms. The van der Waals surface area contributed by atoms with Gasteiger partial charge in [0.25, 0.3) is 0 Å². The van der Waals surface area contributed by atoms with Crippen molar-refractivity contribution in [2.45, 2.75) is 152 Å². The van der Waals surface area contributed by atoms with Gasteiger partial charge in [-0.15, -0.1) is 0 Å². The maximum atomic E-state index is 15.1.